The Morgan fingerprint density at radius 3 is 2.52 bits per heavy atom. The quantitative estimate of drug-likeness (QED) is 0.539. The SMILES string of the molecule is CC(C)C[C@H](CC(=O)CNC(=O)c1cc(Cl)ccc1Cl)B1OC(=O)[C@H](C)N(C)[C@H](C)[C@@H](C)O1. The lowest BCUT2D eigenvalue weighted by molar-refractivity contribution is -0.145. The maximum atomic E-state index is 12.8. The molecule has 4 atom stereocenters. The van der Waals surface area contributed by atoms with Gasteiger partial charge in [-0.2, -0.15) is 0 Å². The molecule has 1 aromatic rings. The van der Waals surface area contributed by atoms with Gasteiger partial charge in [0.25, 0.3) is 5.91 Å². The Morgan fingerprint density at radius 1 is 1.21 bits per heavy atom. The Bertz CT molecular complexity index is 869. The van der Waals surface area contributed by atoms with Crippen LogP contribution in [0.5, 0.6) is 0 Å². The highest BCUT2D eigenvalue weighted by Gasteiger charge is 2.42. The Kier molecular flexibility index (Phi) is 10.2. The van der Waals surface area contributed by atoms with Gasteiger partial charge in [0.1, 0.15) is 6.04 Å². The summed E-state index contributed by atoms with van der Waals surface area (Å²) in [5.74, 6) is -1.14. The summed E-state index contributed by atoms with van der Waals surface area (Å²) in [5.41, 5.74) is 0.203. The summed E-state index contributed by atoms with van der Waals surface area (Å²) >= 11 is 12.0. The molecule has 1 amide bonds. The van der Waals surface area contributed by atoms with Crippen molar-refractivity contribution in [3.05, 3.63) is 33.8 Å². The van der Waals surface area contributed by atoms with Crippen molar-refractivity contribution < 1.29 is 23.7 Å². The molecule has 0 unspecified atom stereocenters. The van der Waals surface area contributed by atoms with Gasteiger partial charge in [0.15, 0.2) is 5.78 Å². The fourth-order valence-corrected chi connectivity index (χ4v) is 4.21. The summed E-state index contributed by atoms with van der Waals surface area (Å²) in [6.07, 6.45) is 0.527. The molecular formula is C23H33BCl2N2O5. The van der Waals surface area contributed by atoms with Gasteiger partial charge in [0, 0.05) is 23.3 Å². The van der Waals surface area contributed by atoms with E-state index in [9.17, 15) is 14.4 Å². The summed E-state index contributed by atoms with van der Waals surface area (Å²) in [6, 6.07) is 4.13. The van der Waals surface area contributed by atoms with Crippen molar-refractivity contribution in [3.63, 3.8) is 0 Å². The number of hydrogen-bond donors (Lipinski definition) is 1. The molecule has 0 aliphatic carbocycles. The van der Waals surface area contributed by atoms with Crippen LogP contribution >= 0.6 is 23.2 Å². The monoisotopic (exact) mass is 498 g/mol. The lowest BCUT2D eigenvalue weighted by Crippen LogP contribution is -2.54. The summed E-state index contributed by atoms with van der Waals surface area (Å²) < 4.78 is 11.8. The van der Waals surface area contributed by atoms with E-state index in [0.717, 1.165) is 0 Å². The number of nitrogens with zero attached hydrogens (tertiary/aromatic N) is 1. The number of hydrogen-bond acceptors (Lipinski definition) is 6. The van der Waals surface area contributed by atoms with E-state index in [4.69, 9.17) is 32.5 Å². The predicted octanol–water partition coefficient (Wildman–Crippen LogP) is 4.26. The molecule has 1 aromatic carbocycles. The maximum absolute atomic E-state index is 12.8. The Labute approximate surface area is 206 Å². The van der Waals surface area contributed by atoms with E-state index < -0.39 is 19.1 Å². The molecule has 1 N–H and O–H groups in total. The van der Waals surface area contributed by atoms with Gasteiger partial charge in [-0.3, -0.25) is 19.3 Å². The largest absolute Gasteiger partial charge is 0.531 e. The molecule has 0 saturated carbocycles. The number of rotatable bonds is 8. The normalized spacial score (nSPS) is 23.0. The molecule has 2 rings (SSSR count). The van der Waals surface area contributed by atoms with E-state index in [0.29, 0.717) is 11.4 Å². The first-order valence-corrected chi connectivity index (χ1v) is 12.0. The molecule has 7 nitrogen and oxygen atoms in total. The van der Waals surface area contributed by atoms with Crippen LogP contribution in [-0.4, -0.2) is 61.5 Å². The zero-order valence-corrected chi connectivity index (χ0v) is 21.6. The van der Waals surface area contributed by atoms with Gasteiger partial charge in [-0.25, -0.2) is 0 Å². The van der Waals surface area contributed by atoms with E-state index in [1.165, 1.54) is 12.1 Å². The van der Waals surface area contributed by atoms with Crippen LogP contribution < -0.4 is 5.32 Å². The van der Waals surface area contributed by atoms with Crippen molar-refractivity contribution in [3.8, 4) is 0 Å². The molecule has 1 heterocycles. The third-order valence-electron chi connectivity index (χ3n) is 6.12. The molecule has 10 heteroatoms. The van der Waals surface area contributed by atoms with Gasteiger partial charge < -0.3 is 14.6 Å². The lowest BCUT2D eigenvalue weighted by Gasteiger charge is -2.39. The van der Waals surface area contributed by atoms with Crippen LogP contribution in [-0.2, 0) is 18.9 Å². The minimum atomic E-state index is -0.837. The smallest absolute Gasteiger partial charge is 0.508 e. The number of Topliss-reactive ketones (excluding diaryl/α,β-unsaturated/α-hetero) is 1. The third kappa shape index (κ3) is 7.71. The van der Waals surface area contributed by atoms with E-state index >= 15 is 0 Å². The van der Waals surface area contributed by atoms with Gasteiger partial charge in [0.2, 0.25) is 0 Å². The van der Waals surface area contributed by atoms with Crippen molar-refractivity contribution in [2.24, 2.45) is 5.92 Å². The van der Waals surface area contributed by atoms with Gasteiger partial charge in [-0.15, -0.1) is 0 Å². The Morgan fingerprint density at radius 2 is 1.88 bits per heavy atom. The second kappa shape index (κ2) is 12.2. The van der Waals surface area contributed by atoms with E-state index in [-0.39, 0.29) is 59.2 Å². The number of benzene rings is 1. The average molecular weight is 499 g/mol. The van der Waals surface area contributed by atoms with Crippen molar-refractivity contribution in [1.82, 2.24) is 10.2 Å². The highest BCUT2D eigenvalue weighted by molar-refractivity contribution is 6.49. The standard InChI is InChI=1S/C23H33BCl2N2O5/c1-13(2)9-17(24-32-16(5)14(3)28(6)15(4)23(31)33-24)10-19(29)12-27-22(30)20-11-18(25)7-8-21(20)26/h7-8,11,13-17H,9-10,12H2,1-6H3,(H,27,30)/t14-,15+,16-,17-/m1/s1. The predicted molar refractivity (Wildman–Crippen MR) is 131 cm³/mol. The summed E-state index contributed by atoms with van der Waals surface area (Å²) in [7, 11) is 1.02. The second-order valence-electron chi connectivity index (χ2n) is 9.17. The molecule has 1 aliphatic heterocycles. The van der Waals surface area contributed by atoms with Gasteiger partial charge in [-0.05, 0) is 58.4 Å². The van der Waals surface area contributed by atoms with Gasteiger partial charge in [0.05, 0.1) is 23.2 Å². The third-order valence-corrected chi connectivity index (χ3v) is 6.69. The first kappa shape index (κ1) is 27.6. The number of carbonyl (C=O) groups is 3. The van der Waals surface area contributed by atoms with Crippen molar-refractivity contribution in [1.29, 1.82) is 0 Å². The van der Waals surface area contributed by atoms with Crippen molar-refractivity contribution in [2.75, 3.05) is 13.6 Å². The molecule has 0 radical (unpaired) electrons. The first-order chi connectivity index (χ1) is 15.4. The van der Waals surface area contributed by atoms with Gasteiger partial charge in [-0.1, -0.05) is 37.0 Å². The zero-order valence-electron chi connectivity index (χ0n) is 20.1. The van der Waals surface area contributed by atoms with Crippen LogP contribution in [0.25, 0.3) is 0 Å². The second-order valence-corrected chi connectivity index (χ2v) is 10.0. The number of halogens is 2. The highest BCUT2D eigenvalue weighted by atomic mass is 35.5. The van der Waals surface area contributed by atoms with Crippen LogP contribution in [0.4, 0.5) is 0 Å². The minimum absolute atomic E-state index is 0.00696. The number of amides is 1. The van der Waals surface area contributed by atoms with Crippen LogP contribution in [0.3, 0.4) is 0 Å². The molecule has 33 heavy (non-hydrogen) atoms. The maximum Gasteiger partial charge on any atom is 0.531 e. The summed E-state index contributed by atoms with van der Waals surface area (Å²) in [5, 5.41) is 3.22. The van der Waals surface area contributed by atoms with Crippen LogP contribution in [0.1, 0.15) is 57.8 Å². The van der Waals surface area contributed by atoms with Crippen molar-refractivity contribution in [2.45, 2.75) is 71.5 Å². The molecule has 1 aliphatic rings. The van der Waals surface area contributed by atoms with Crippen LogP contribution in [0, 0.1) is 5.92 Å². The summed E-state index contributed by atoms with van der Waals surface area (Å²) in [4.78, 5) is 39.8. The first-order valence-electron chi connectivity index (χ1n) is 11.2. The fraction of sp³-hybridized carbons (Fsp3) is 0.609. The lowest BCUT2D eigenvalue weighted by atomic mass is 9.65. The minimum Gasteiger partial charge on any atom is -0.508 e. The average Bonchev–Trinajstić information content (AvgIpc) is 2.75. The Balaban J connectivity index is 2.09. The zero-order chi connectivity index (χ0) is 24.9. The number of likely N-dealkylation sites (N-methyl/N-ethyl adjacent to an activating group) is 1. The van der Waals surface area contributed by atoms with Gasteiger partial charge >= 0.3 is 13.1 Å². The number of ketones is 1. The highest BCUT2D eigenvalue weighted by Crippen LogP contribution is 2.30. The molecule has 1 saturated heterocycles. The fourth-order valence-electron chi connectivity index (χ4n) is 3.83. The Hall–Kier alpha value is -1.61. The molecule has 1 fully saturated rings. The molecule has 182 valence electrons. The molecule has 0 aromatic heterocycles. The van der Waals surface area contributed by atoms with E-state index in [1.54, 1.807) is 13.0 Å². The molecule has 0 spiro atoms. The van der Waals surface area contributed by atoms with Crippen LogP contribution in [0.2, 0.25) is 15.9 Å². The van der Waals surface area contributed by atoms with Crippen molar-refractivity contribution >= 4 is 48.0 Å². The van der Waals surface area contributed by atoms with E-state index in [2.05, 4.69) is 5.32 Å². The summed E-state index contributed by atoms with van der Waals surface area (Å²) in [6.45, 7) is 9.62. The number of nitrogens with one attached hydrogen (secondary N) is 1. The topological polar surface area (TPSA) is 84.9 Å². The van der Waals surface area contributed by atoms with E-state index in [1.807, 2.05) is 39.6 Å². The number of carbonyl (C=O) groups excluding carboxylic acids is 3. The molecule has 0 bridgehead atoms. The van der Waals surface area contributed by atoms with Crippen LogP contribution in [0.15, 0.2) is 18.2 Å². The molecular weight excluding hydrogens is 466 g/mol.